The summed E-state index contributed by atoms with van der Waals surface area (Å²) in [5.74, 6) is 1.23. The van der Waals surface area contributed by atoms with Crippen molar-refractivity contribution >= 4 is 11.6 Å². The Labute approximate surface area is 148 Å². The van der Waals surface area contributed by atoms with Crippen LogP contribution >= 0.6 is 0 Å². The second-order valence-corrected chi connectivity index (χ2v) is 6.88. The first-order valence-corrected chi connectivity index (χ1v) is 8.94. The summed E-state index contributed by atoms with van der Waals surface area (Å²) in [6.07, 6.45) is 1.70. The molecular weight excluding hydrogens is 316 g/mol. The van der Waals surface area contributed by atoms with E-state index in [1.807, 2.05) is 32.0 Å². The highest BCUT2D eigenvalue weighted by Crippen LogP contribution is 2.39. The van der Waals surface area contributed by atoms with E-state index in [0.717, 1.165) is 24.1 Å². The van der Waals surface area contributed by atoms with E-state index in [2.05, 4.69) is 40.3 Å². The molecule has 1 aliphatic rings. The van der Waals surface area contributed by atoms with Gasteiger partial charge in [0.2, 0.25) is 11.8 Å². The van der Waals surface area contributed by atoms with Gasteiger partial charge in [-0.25, -0.2) is 0 Å². The molecule has 134 valence electrons. The maximum Gasteiger partial charge on any atom is 0.246 e. The Morgan fingerprint density at radius 2 is 2.20 bits per heavy atom. The van der Waals surface area contributed by atoms with Crippen LogP contribution in [0.3, 0.4) is 0 Å². The predicted molar refractivity (Wildman–Crippen MR) is 96.4 cm³/mol. The third kappa shape index (κ3) is 3.67. The minimum absolute atomic E-state index is 0.113. The molecule has 2 heterocycles. The second-order valence-electron chi connectivity index (χ2n) is 6.88. The van der Waals surface area contributed by atoms with E-state index in [1.165, 1.54) is 0 Å². The van der Waals surface area contributed by atoms with Crippen molar-refractivity contribution in [2.24, 2.45) is 0 Å². The van der Waals surface area contributed by atoms with Crippen molar-refractivity contribution in [3.63, 3.8) is 0 Å². The van der Waals surface area contributed by atoms with E-state index in [-0.39, 0.29) is 23.9 Å². The molecule has 0 bridgehead atoms. The SMILES string of the molecule is CCC(C)NC(=O)C1CC(C)N(Cc2nc(C)no2)c2ccccc21. The van der Waals surface area contributed by atoms with Crippen LogP contribution in [0.1, 0.15) is 56.8 Å². The third-order valence-corrected chi connectivity index (χ3v) is 4.92. The van der Waals surface area contributed by atoms with Crippen LogP contribution in [0.5, 0.6) is 0 Å². The van der Waals surface area contributed by atoms with Crippen LogP contribution in [-0.2, 0) is 11.3 Å². The number of anilines is 1. The molecule has 0 saturated carbocycles. The van der Waals surface area contributed by atoms with Crippen LogP contribution in [0, 0.1) is 6.92 Å². The summed E-state index contributed by atoms with van der Waals surface area (Å²) in [6, 6.07) is 8.51. The Kier molecular flexibility index (Phi) is 5.06. The van der Waals surface area contributed by atoms with Gasteiger partial charge in [0.25, 0.3) is 0 Å². The van der Waals surface area contributed by atoms with E-state index in [1.54, 1.807) is 0 Å². The van der Waals surface area contributed by atoms with Crippen LogP contribution in [0.15, 0.2) is 28.8 Å². The van der Waals surface area contributed by atoms with Crippen LogP contribution in [0.25, 0.3) is 0 Å². The Morgan fingerprint density at radius 3 is 2.88 bits per heavy atom. The van der Waals surface area contributed by atoms with E-state index in [4.69, 9.17) is 4.52 Å². The number of para-hydroxylation sites is 1. The zero-order valence-corrected chi connectivity index (χ0v) is 15.3. The molecule has 25 heavy (non-hydrogen) atoms. The van der Waals surface area contributed by atoms with E-state index >= 15 is 0 Å². The topological polar surface area (TPSA) is 71.3 Å². The molecule has 3 unspecified atom stereocenters. The van der Waals surface area contributed by atoms with E-state index in [9.17, 15) is 4.79 Å². The molecule has 6 nitrogen and oxygen atoms in total. The average molecular weight is 342 g/mol. The largest absolute Gasteiger partial charge is 0.359 e. The number of fused-ring (bicyclic) bond motifs is 1. The summed E-state index contributed by atoms with van der Waals surface area (Å²) in [7, 11) is 0. The number of amides is 1. The molecule has 0 saturated heterocycles. The smallest absolute Gasteiger partial charge is 0.246 e. The molecule has 1 aliphatic heterocycles. The molecule has 1 amide bonds. The fourth-order valence-corrected chi connectivity index (χ4v) is 3.36. The van der Waals surface area contributed by atoms with Crippen LogP contribution in [-0.4, -0.2) is 28.1 Å². The van der Waals surface area contributed by atoms with Crippen molar-refractivity contribution in [1.29, 1.82) is 0 Å². The van der Waals surface area contributed by atoms with Crippen molar-refractivity contribution < 1.29 is 9.32 Å². The monoisotopic (exact) mass is 342 g/mol. The highest BCUT2D eigenvalue weighted by molar-refractivity contribution is 5.86. The van der Waals surface area contributed by atoms with Gasteiger partial charge in [-0.1, -0.05) is 30.3 Å². The second kappa shape index (κ2) is 7.25. The molecule has 3 rings (SSSR count). The number of hydrogen-bond acceptors (Lipinski definition) is 5. The minimum Gasteiger partial charge on any atom is -0.359 e. The first-order chi connectivity index (χ1) is 12.0. The lowest BCUT2D eigenvalue weighted by Gasteiger charge is -2.39. The summed E-state index contributed by atoms with van der Waals surface area (Å²) in [6.45, 7) is 8.63. The number of aromatic nitrogens is 2. The minimum atomic E-state index is -0.124. The number of aryl methyl sites for hydroxylation is 1. The average Bonchev–Trinajstić information content (AvgIpc) is 3.02. The van der Waals surface area contributed by atoms with Crippen LogP contribution in [0.4, 0.5) is 5.69 Å². The maximum absolute atomic E-state index is 12.8. The van der Waals surface area contributed by atoms with Crippen molar-refractivity contribution in [2.45, 2.75) is 65.1 Å². The van der Waals surface area contributed by atoms with Crippen LogP contribution in [0.2, 0.25) is 0 Å². The molecule has 2 aromatic rings. The normalized spacial score (nSPS) is 20.9. The van der Waals surface area contributed by atoms with Crippen molar-refractivity contribution in [3.8, 4) is 0 Å². The molecule has 6 heteroatoms. The van der Waals surface area contributed by atoms with Crippen molar-refractivity contribution in [3.05, 3.63) is 41.5 Å². The molecule has 1 aromatic carbocycles. The summed E-state index contributed by atoms with van der Waals surface area (Å²) < 4.78 is 5.29. The standard InChI is InChI=1S/C19H26N4O2/c1-5-12(2)20-19(24)16-10-13(3)23(11-18-21-14(4)22-25-18)17-9-7-6-8-15(16)17/h6-9,12-13,16H,5,10-11H2,1-4H3,(H,20,24). The van der Waals surface area contributed by atoms with Crippen molar-refractivity contribution in [1.82, 2.24) is 15.5 Å². The zero-order chi connectivity index (χ0) is 18.0. The molecule has 0 aliphatic carbocycles. The quantitative estimate of drug-likeness (QED) is 0.903. The lowest BCUT2D eigenvalue weighted by Crippen LogP contribution is -2.44. The zero-order valence-electron chi connectivity index (χ0n) is 15.3. The third-order valence-electron chi connectivity index (χ3n) is 4.92. The van der Waals surface area contributed by atoms with E-state index < -0.39 is 0 Å². The number of nitrogens with one attached hydrogen (secondary N) is 1. The highest BCUT2D eigenvalue weighted by Gasteiger charge is 2.34. The fraction of sp³-hybridized carbons (Fsp3) is 0.526. The van der Waals surface area contributed by atoms with Gasteiger partial charge < -0.3 is 14.7 Å². The first kappa shape index (κ1) is 17.5. The number of carbonyl (C=O) groups excluding carboxylic acids is 1. The molecule has 1 aromatic heterocycles. The number of hydrogen-bond donors (Lipinski definition) is 1. The van der Waals surface area contributed by atoms with Gasteiger partial charge in [0, 0.05) is 17.8 Å². The van der Waals surface area contributed by atoms with Gasteiger partial charge in [0.15, 0.2) is 5.82 Å². The lowest BCUT2D eigenvalue weighted by molar-refractivity contribution is -0.123. The summed E-state index contributed by atoms with van der Waals surface area (Å²) in [5.41, 5.74) is 2.14. The highest BCUT2D eigenvalue weighted by atomic mass is 16.5. The lowest BCUT2D eigenvalue weighted by atomic mass is 9.85. The number of rotatable bonds is 5. The summed E-state index contributed by atoms with van der Waals surface area (Å²) >= 11 is 0. The van der Waals surface area contributed by atoms with Gasteiger partial charge in [-0.3, -0.25) is 4.79 Å². The molecule has 0 fully saturated rings. The molecule has 0 spiro atoms. The van der Waals surface area contributed by atoms with Gasteiger partial charge >= 0.3 is 0 Å². The molecule has 3 atom stereocenters. The number of carbonyl (C=O) groups is 1. The summed E-state index contributed by atoms with van der Waals surface area (Å²) in [5, 5.41) is 7.00. The summed E-state index contributed by atoms with van der Waals surface area (Å²) in [4.78, 5) is 19.3. The Hall–Kier alpha value is -2.37. The molecule has 0 radical (unpaired) electrons. The van der Waals surface area contributed by atoms with Gasteiger partial charge in [0.05, 0.1) is 12.5 Å². The Balaban J connectivity index is 1.88. The van der Waals surface area contributed by atoms with E-state index in [0.29, 0.717) is 18.3 Å². The Morgan fingerprint density at radius 1 is 1.44 bits per heavy atom. The number of benzene rings is 1. The molecular formula is C19H26N4O2. The first-order valence-electron chi connectivity index (χ1n) is 8.94. The van der Waals surface area contributed by atoms with Crippen molar-refractivity contribution in [2.75, 3.05) is 4.90 Å². The van der Waals surface area contributed by atoms with Gasteiger partial charge in [0.1, 0.15) is 0 Å². The fourth-order valence-electron chi connectivity index (χ4n) is 3.36. The predicted octanol–water partition coefficient (Wildman–Crippen LogP) is 3.18. The number of nitrogens with zero attached hydrogens (tertiary/aromatic N) is 3. The van der Waals surface area contributed by atoms with Gasteiger partial charge in [-0.05, 0) is 45.2 Å². The molecule has 1 N–H and O–H groups in total. The van der Waals surface area contributed by atoms with Crippen LogP contribution < -0.4 is 10.2 Å². The maximum atomic E-state index is 12.8. The Bertz CT molecular complexity index is 743. The van der Waals surface area contributed by atoms with Gasteiger partial charge in [-0.2, -0.15) is 4.98 Å². The van der Waals surface area contributed by atoms with Gasteiger partial charge in [-0.15, -0.1) is 0 Å².